The molecule has 1 aliphatic rings. The smallest absolute Gasteiger partial charge is 0.0449 e. The van der Waals surface area contributed by atoms with Gasteiger partial charge >= 0.3 is 0 Å². The van der Waals surface area contributed by atoms with Crippen LogP contribution < -0.4 is 10.6 Å². The summed E-state index contributed by atoms with van der Waals surface area (Å²) in [6.07, 6.45) is 1.74. The van der Waals surface area contributed by atoms with Crippen molar-refractivity contribution in [1.82, 2.24) is 0 Å². The molecule has 0 bridgehead atoms. The third-order valence-electron chi connectivity index (χ3n) is 3.10. The average molecular weight is 206 g/mol. The molecule has 1 heterocycles. The molecular formula is C12H18N2O. The van der Waals surface area contributed by atoms with E-state index < -0.39 is 0 Å². The van der Waals surface area contributed by atoms with Gasteiger partial charge in [0.2, 0.25) is 0 Å². The van der Waals surface area contributed by atoms with Gasteiger partial charge in [0, 0.05) is 31.9 Å². The minimum Gasteiger partial charge on any atom is -0.396 e. The van der Waals surface area contributed by atoms with Crippen LogP contribution in [-0.2, 0) is 6.42 Å². The van der Waals surface area contributed by atoms with Gasteiger partial charge in [-0.05, 0) is 30.0 Å². The van der Waals surface area contributed by atoms with Gasteiger partial charge in [-0.25, -0.2) is 0 Å². The monoisotopic (exact) mass is 206 g/mol. The van der Waals surface area contributed by atoms with E-state index >= 15 is 0 Å². The largest absolute Gasteiger partial charge is 0.396 e. The predicted octanol–water partition coefficient (Wildman–Crippen LogP) is 1.06. The lowest BCUT2D eigenvalue weighted by Crippen LogP contribution is -2.13. The number of fused-ring (bicyclic) bond motifs is 1. The summed E-state index contributed by atoms with van der Waals surface area (Å²) in [6.45, 7) is 1.24. The number of anilines is 1. The highest BCUT2D eigenvalue weighted by atomic mass is 16.3. The van der Waals surface area contributed by atoms with Crippen molar-refractivity contribution >= 4 is 5.69 Å². The van der Waals surface area contributed by atoms with Gasteiger partial charge in [0.25, 0.3) is 0 Å². The molecule has 1 aliphatic heterocycles. The molecule has 3 N–H and O–H groups in total. The molecule has 0 amide bonds. The Morgan fingerprint density at radius 1 is 1.53 bits per heavy atom. The molecule has 0 radical (unpaired) electrons. The zero-order valence-electron chi connectivity index (χ0n) is 9.11. The fraction of sp³-hybridized carbons (Fsp3) is 0.500. The quantitative estimate of drug-likeness (QED) is 0.777. The van der Waals surface area contributed by atoms with Crippen molar-refractivity contribution < 1.29 is 5.11 Å². The molecule has 0 aromatic heterocycles. The van der Waals surface area contributed by atoms with Crippen LogP contribution in [0.25, 0.3) is 0 Å². The second kappa shape index (κ2) is 4.21. The number of hydrogen-bond acceptors (Lipinski definition) is 3. The van der Waals surface area contributed by atoms with Crippen molar-refractivity contribution in [3.05, 3.63) is 29.3 Å². The van der Waals surface area contributed by atoms with Crippen molar-refractivity contribution in [3.63, 3.8) is 0 Å². The molecule has 1 aromatic carbocycles. The number of rotatable bonds is 3. The molecule has 3 nitrogen and oxygen atoms in total. The minimum absolute atomic E-state index is 0.0359. The highest BCUT2D eigenvalue weighted by Crippen LogP contribution is 2.29. The summed E-state index contributed by atoms with van der Waals surface area (Å²) in [7, 11) is 2.11. The number of hydrogen-bond donors (Lipinski definition) is 2. The number of benzene rings is 1. The summed E-state index contributed by atoms with van der Waals surface area (Å²) in [5.41, 5.74) is 9.79. The molecule has 2 rings (SSSR count). The van der Waals surface area contributed by atoms with Crippen LogP contribution in [0.4, 0.5) is 5.69 Å². The third-order valence-corrected chi connectivity index (χ3v) is 3.10. The van der Waals surface area contributed by atoms with E-state index in [1.54, 1.807) is 0 Å². The maximum Gasteiger partial charge on any atom is 0.0449 e. The standard InChI is InChI=1S/C12H18N2O/c1-14-6-4-10-8-9(2-3-12(10)14)11(13)5-7-15/h2-3,8,11,15H,4-7,13H2,1H3. The van der Waals surface area contributed by atoms with Gasteiger partial charge in [-0.15, -0.1) is 0 Å². The van der Waals surface area contributed by atoms with Crippen LogP contribution >= 0.6 is 0 Å². The molecule has 1 aromatic rings. The molecule has 0 spiro atoms. The van der Waals surface area contributed by atoms with Crippen molar-refractivity contribution in [2.75, 3.05) is 25.1 Å². The van der Waals surface area contributed by atoms with E-state index in [9.17, 15) is 0 Å². The van der Waals surface area contributed by atoms with Crippen LogP contribution in [0.3, 0.4) is 0 Å². The van der Waals surface area contributed by atoms with Gasteiger partial charge in [-0.3, -0.25) is 0 Å². The van der Waals surface area contributed by atoms with Crippen molar-refractivity contribution in [3.8, 4) is 0 Å². The van der Waals surface area contributed by atoms with Crippen LogP contribution in [0, 0.1) is 0 Å². The predicted molar refractivity (Wildman–Crippen MR) is 62.0 cm³/mol. The molecule has 82 valence electrons. The Bertz CT molecular complexity index is 351. The van der Waals surface area contributed by atoms with Crippen LogP contribution in [0.2, 0.25) is 0 Å². The fourth-order valence-electron chi connectivity index (χ4n) is 2.12. The van der Waals surface area contributed by atoms with Crippen molar-refractivity contribution in [1.29, 1.82) is 0 Å². The Hall–Kier alpha value is -1.06. The third kappa shape index (κ3) is 1.98. The zero-order valence-corrected chi connectivity index (χ0v) is 9.11. The SMILES string of the molecule is CN1CCc2cc(C(N)CCO)ccc21. The van der Waals surface area contributed by atoms with Gasteiger partial charge in [0.05, 0.1) is 0 Å². The average Bonchev–Trinajstić information content (AvgIpc) is 2.60. The lowest BCUT2D eigenvalue weighted by molar-refractivity contribution is 0.276. The summed E-state index contributed by atoms with van der Waals surface area (Å²) in [5, 5.41) is 8.85. The van der Waals surface area contributed by atoms with E-state index in [1.165, 1.54) is 11.3 Å². The highest BCUT2D eigenvalue weighted by molar-refractivity contribution is 5.58. The first kappa shape index (κ1) is 10.5. The number of nitrogens with two attached hydrogens (primary N) is 1. The number of nitrogens with zero attached hydrogens (tertiary/aromatic N) is 1. The molecule has 0 saturated heterocycles. The maximum atomic E-state index is 8.85. The van der Waals surface area contributed by atoms with Crippen LogP contribution in [0.5, 0.6) is 0 Å². The van der Waals surface area contributed by atoms with E-state index in [0.29, 0.717) is 6.42 Å². The summed E-state index contributed by atoms with van der Waals surface area (Å²) in [4.78, 5) is 2.26. The Morgan fingerprint density at radius 3 is 3.07 bits per heavy atom. The second-order valence-corrected chi connectivity index (χ2v) is 4.18. The Kier molecular flexibility index (Phi) is 2.93. The number of aliphatic hydroxyl groups is 1. The molecule has 0 fully saturated rings. The van der Waals surface area contributed by atoms with Crippen LogP contribution in [-0.4, -0.2) is 25.3 Å². The van der Waals surface area contributed by atoms with Crippen LogP contribution in [0.15, 0.2) is 18.2 Å². The molecular weight excluding hydrogens is 188 g/mol. The van der Waals surface area contributed by atoms with Gasteiger partial charge in [0.15, 0.2) is 0 Å². The van der Waals surface area contributed by atoms with E-state index in [1.807, 2.05) is 0 Å². The minimum atomic E-state index is -0.0359. The first-order valence-electron chi connectivity index (χ1n) is 5.43. The molecule has 1 unspecified atom stereocenters. The maximum absolute atomic E-state index is 8.85. The van der Waals surface area contributed by atoms with Crippen LogP contribution in [0.1, 0.15) is 23.6 Å². The van der Waals surface area contributed by atoms with E-state index in [4.69, 9.17) is 10.8 Å². The second-order valence-electron chi connectivity index (χ2n) is 4.18. The summed E-state index contributed by atoms with van der Waals surface area (Å²) in [6, 6.07) is 6.35. The molecule has 15 heavy (non-hydrogen) atoms. The normalized spacial score (nSPS) is 16.6. The lowest BCUT2D eigenvalue weighted by Gasteiger charge is -2.14. The lowest BCUT2D eigenvalue weighted by atomic mass is 10.0. The zero-order chi connectivity index (χ0) is 10.8. The van der Waals surface area contributed by atoms with Crippen molar-refractivity contribution in [2.45, 2.75) is 18.9 Å². The Balaban J connectivity index is 2.23. The molecule has 1 atom stereocenters. The summed E-state index contributed by atoms with van der Waals surface area (Å²) in [5.74, 6) is 0. The van der Waals surface area contributed by atoms with Gasteiger partial charge in [-0.1, -0.05) is 12.1 Å². The van der Waals surface area contributed by atoms with Gasteiger partial charge < -0.3 is 15.7 Å². The molecule has 0 saturated carbocycles. The fourth-order valence-corrected chi connectivity index (χ4v) is 2.12. The summed E-state index contributed by atoms with van der Waals surface area (Å²) >= 11 is 0. The first-order valence-corrected chi connectivity index (χ1v) is 5.43. The number of likely N-dealkylation sites (N-methyl/N-ethyl adjacent to an activating group) is 1. The Morgan fingerprint density at radius 2 is 2.33 bits per heavy atom. The van der Waals surface area contributed by atoms with Gasteiger partial charge in [0.1, 0.15) is 0 Å². The Labute approximate surface area is 90.5 Å². The summed E-state index contributed by atoms with van der Waals surface area (Å²) < 4.78 is 0. The van der Waals surface area contributed by atoms with E-state index in [2.05, 4.69) is 30.1 Å². The molecule has 3 heteroatoms. The van der Waals surface area contributed by atoms with E-state index in [0.717, 1.165) is 18.5 Å². The highest BCUT2D eigenvalue weighted by Gasteiger charge is 2.16. The molecule has 0 aliphatic carbocycles. The van der Waals surface area contributed by atoms with Crippen molar-refractivity contribution in [2.24, 2.45) is 5.73 Å². The number of aliphatic hydroxyl groups excluding tert-OH is 1. The topological polar surface area (TPSA) is 49.5 Å². The van der Waals surface area contributed by atoms with Gasteiger partial charge in [-0.2, -0.15) is 0 Å². The van der Waals surface area contributed by atoms with E-state index in [-0.39, 0.29) is 12.6 Å². The first-order chi connectivity index (χ1) is 7.22.